The molecule has 23 heavy (non-hydrogen) atoms. The van der Waals surface area contributed by atoms with E-state index in [2.05, 4.69) is 10.2 Å². The summed E-state index contributed by atoms with van der Waals surface area (Å²) in [5.41, 5.74) is 0. The zero-order valence-corrected chi connectivity index (χ0v) is 14.3. The molecule has 1 N–H and O–H groups in total. The highest BCUT2D eigenvalue weighted by atomic mass is 16.2. The van der Waals surface area contributed by atoms with E-state index in [1.807, 2.05) is 16.8 Å². The first-order chi connectivity index (χ1) is 11.2. The Hall–Kier alpha value is -1.30. The molecule has 0 spiro atoms. The Morgan fingerprint density at radius 2 is 1.57 bits per heavy atom. The van der Waals surface area contributed by atoms with Crippen LogP contribution in [0, 0.1) is 5.92 Å². The summed E-state index contributed by atoms with van der Waals surface area (Å²) in [5, 5.41) is 3.20. The Morgan fingerprint density at radius 1 is 0.913 bits per heavy atom. The predicted octanol–water partition coefficient (Wildman–Crippen LogP) is 1.12. The molecule has 0 radical (unpaired) electrons. The third-order valence-corrected chi connectivity index (χ3v) is 5.59. The van der Waals surface area contributed by atoms with Crippen LogP contribution >= 0.6 is 0 Å². The van der Waals surface area contributed by atoms with Crippen LogP contribution in [0.3, 0.4) is 0 Å². The van der Waals surface area contributed by atoms with Crippen molar-refractivity contribution in [1.29, 1.82) is 0 Å². The van der Waals surface area contributed by atoms with E-state index in [0.717, 1.165) is 77.8 Å². The SMILES string of the molecule is CNCC1CCCN1C(=O)C1CCN(C(=O)N2CCCC2)CC1. The Kier molecular flexibility index (Phi) is 5.41. The summed E-state index contributed by atoms with van der Waals surface area (Å²) in [5.74, 6) is 0.422. The minimum absolute atomic E-state index is 0.107. The number of urea groups is 1. The van der Waals surface area contributed by atoms with Gasteiger partial charge in [-0.15, -0.1) is 0 Å². The van der Waals surface area contributed by atoms with Gasteiger partial charge in [0.2, 0.25) is 5.91 Å². The number of nitrogens with zero attached hydrogens (tertiary/aromatic N) is 3. The van der Waals surface area contributed by atoms with Crippen molar-refractivity contribution in [2.75, 3.05) is 46.3 Å². The molecule has 1 unspecified atom stereocenters. The number of hydrogen-bond acceptors (Lipinski definition) is 3. The smallest absolute Gasteiger partial charge is 0.319 e. The summed E-state index contributed by atoms with van der Waals surface area (Å²) >= 11 is 0. The van der Waals surface area contributed by atoms with E-state index >= 15 is 0 Å². The molecule has 3 heterocycles. The maximum absolute atomic E-state index is 12.8. The number of nitrogens with one attached hydrogen (secondary N) is 1. The molecule has 3 rings (SSSR count). The first-order valence-electron chi connectivity index (χ1n) is 9.19. The lowest BCUT2D eigenvalue weighted by Crippen LogP contribution is -2.49. The Labute approximate surface area is 139 Å². The van der Waals surface area contributed by atoms with Crippen LogP contribution in [-0.4, -0.2) is 79.0 Å². The molecule has 3 aliphatic heterocycles. The molecular weight excluding hydrogens is 292 g/mol. The number of carbonyl (C=O) groups is 2. The number of likely N-dealkylation sites (N-methyl/N-ethyl adjacent to an activating group) is 1. The number of amides is 3. The lowest BCUT2D eigenvalue weighted by Gasteiger charge is -2.36. The largest absolute Gasteiger partial charge is 0.338 e. The van der Waals surface area contributed by atoms with Crippen molar-refractivity contribution in [3.05, 3.63) is 0 Å². The first-order valence-corrected chi connectivity index (χ1v) is 9.19. The Balaban J connectivity index is 1.50. The lowest BCUT2D eigenvalue weighted by atomic mass is 9.95. The highest BCUT2D eigenvalue weighted by Crippen LogP contribution is 2.26. The van der Waals surface area contributed by atoms with Crippen LogP contribution in [0.25, 0.3) is 0 Å². The number of hydrogen-bond donors (Lipinski definition) is 1. The fourth-order valence-electron chi connectivity index (χ4n) is 4.23. The van der Waals surface area contributed by atoms with E-state index in [0.29, 0.717) is 11.9 Å². The summed E-state index contributed by atoms with van der Waals surface area (Å²) in [6, 6.07) is 0.541. The second-order valence-electron chi connectivity index (χ2n) is 7.12. The average Bonchev–Trinajstić information content (AvgIpc) is 3.26. The van der Waals surface area contributed by atoms with Gasteiger partial charge in [0.25, 0.3) is 0 Å². The monoisotopic (exact) mass is 322 g/mol. The average molecular weight is 322 g/mol. The van der Waals surface area contributed by atoms with Crippen LogP contribution in [0.2, 0.25) is 0 Å². The Morgan fingerprint density at radius 3 is 2.22 bits per heavy atom. The van der Waals surface area contributed by atoms with E-state index in [-0.39, 0.29) is 11.9 Å². The molecule has 3 saturated heterocycles. The van der Waals surface area contributed by atoms with Gasteiger partial charge in [-0.1, -0.05) is 0 Å². The molecule has 0 aromatic rings. The van der Waals surface area contributed by atoms with E-state index in [9.17, 15) is 9.59 Å². The van der Waals surface area contributed by atoms with Gasteiger partial charge in [0.1, 0.15) is 0 Å². The fourth-order valence-corrected chi connectivity index (χ4v) is 4.23. The topological polar surface area (TPSA) is 55.9 Å². The summed E-state index contributed by atoms with van der Waals surface area (Å²) in [7, 11) is 1.95. The van der Waals surface area contributed by atoms with Gasteiger partial charge < -0.3 is 20.0 Å². The maximum atomic E-state index is 12.8. The van der Waals surface area contributed by atoms with Gasteiger partial charge in [0, 0.05) is 51.2 Å². The molecule has 130 valence electrons. The van der Waals surface area contributed by atoms with Crippen molar-refractivity contribution in [2.45, 2.75) is 44.6 Å². The van der Waals surface area contributed by atoms with Crippen molar-refractivity contribution >= 4 is 11.9 Å². The van der Waals surface area contributed by atoms with Crippen molar-refractivity contribution < 1.29 is 9.59 Å². The molecule has 0 aromatic heterocycles. The van der Waals surface area contributed by atoms with Crippen LogP contribution < -0.4 is 5.32 Å². The fraction of sp³-hybridized carbons (Fsp3) is 0.882. The van der Waals surface area contributed by atoms with Gasteiger partial charge in [-0.3, -0.25) is 4.79 Å². The molecule has 0 aliphatic carbocycles. The number of likely N-dealkylation sites (tertiary alicyclic amines) is 3. The Bertz CT molecular complexity index is 428. The number of carbonyl (C=O) groups excluding carboxylic acids is 2. The van der Waals surface area contributed by atoms with Gasteiger partial charge in [0.05, 0.1) is 0 Å². The normalized spacial score (nSPS) is 26.1. The first kappa shape index (κ1) is 16.6. The molecule has 6 nitrogen and oxygen atoms in total. The molecule has 3 aliphatic rings. The number of rotatable bonds is 3. The standard InChI is InChI=1S/C17H30N4O2/c1-18-13-15-5-4-10-21(15)16(22)14-6-11-20(12-7-14)17(23)19-8-2-3-9-19/h14-15,18H,2-13H2,1H3. The minimum atomic E-state index is 0.107. The van der Waals surface area contributed by atoms with E-state index < -0.39 is 0 Å². The van der Waals surface area contributed by atoms with Crippen molar-refractivity contribution in [2.24, 2.45) is 5.92 Å². The van der Waals surface area contributed by atoms with Crippen LogP contribution in [0.15, 0.2) is 0 Å². The third-order valence-electron chi connectivity index (χ3n) is 5.59. The van der Waals surface area contributed by atoms with Crippen molar-refractivity contribution in [1.82, 2.24) is 20.0 Å². The molecule has 0 saturated carbocycles. The molecule has 0 aromatic carbocycles. The van der Waals surface area contributed by atoms with Gasteiger partial charge in [-0.05, 0) is 45.6 Å². The van der Waals surface area contributed by atoms with E-state index in [1.165, 1.54) is 0 Å². The molecule has 0 bridgehead atoms. The lowest BCUT2D eigenvalue weighted by molar-refractivity contribution is -0.137. The van der Waals surface area contributed by atoms with Gasteiger partial charge >= 0.3 is 6.03 Å². The van der Waals surface area contributed by atoms with Gasteiger partial charge in [0.15, 0.2) is 0 Å². The second kappa shape index (κ2) is 7.51. The second-order valence-corrected chi connectivity index (χ2v) is 7.12. The minimum Gasteiger partial charge on any atom is -0.338 e. The summed E-state index contributed by atoms with van der Waals surface area (Å²) in [6.45, 7) is 5.05. The highest BCUT2D eigenvalue weighted by Gasteiger charge is 2.36. The van der Waals surface area contributed by atoms with Crippen molar-refractivity contribution in [3.8, 4) is 0 Å². The van der Waals surface area contributed by atoms with E-state index in [4.69, 9.17) is 0 Å². The zero-order chi connectivity index (χ0) is 16.2. The maximum Gasteiger partial charge on any atom is 0.319 e. The molecule has 3 amide bonds. The molecular formula is C17H30N4O2. The van der Waals surface area contributed by atoms with Crippen LogP contribution in [-0.2, 0) is 4.79 Å². The predicted molar refractivity (Wildman–Crippen MR) is 89.2 cm³/mol. The van der Waals surface area contributed by atoms with E-state index in [1.54, 1.807) is 0 Å². The van der Waals surface area contributed by atoms with Crippen LogP contribution in [0.4, 0.5) is 4.79 Å². The molecule has 1 atom stereocenters. The number of piperidine rings is 1. The summed E-state index contributed by atoms with van der Waals surface area (Å²) in [4.78, 5) is 31.2. The summed E-state index contributed by atoms with van der Waals surface area (Å²) < 4.78 is 0. The van der Waals surface area contributed by atoms with Gasteiger partial charge in [-0.2, -0.15) is 0 Å². The molecule has 3 fully saturated rings. The highest BCUT2D eigenvalue weighted by molar-refractivity contribution is 5.80. The van der Waals surface area contributed by atoms with Crippen molar-refractivity contribution in [3.63, 3.8) is 0 Å². The van der Waals surface area contributed by atoms with Crippen LogP contribution in [0.1, 0.15) is 38.5 Å². The summed E-state index contributed by atoms with van der Waals surface area (Å²) in [6.07, 6.45) is 6.12. The zero-order valence-electron chi connectivity index (χ0n) is 14.3. The van der Waals surface area contributed by atoms with Gasteiger partial charge in [-0.25, -0.2) is 4.79 Å². The quantitative estimate of drug-likeness (QED) is 0.847. The van der Waals surface area contributed by atoms with Crippen LogP contribution in [0.5, 0.6) is 0 Å². The molecule has 6 heteroatoms. The third kappa shape index (κ3) is 3.62.